The zero-order chi connectivity index (χ0) is 30.0. The smallest absolute Gasteiger partial charge is 0.230 e. The maximum Gasteiger partial charge on any atom is 0.230 e. The van der Waals surface area contributed by atoms with E-state index in [1.165, 1.54) is 0 Å². The van der Waals surface area contributed by atoms with Crippen LogP contribution in [0.5, 0.6) is 5.88 Å². The number of hydrogen-bond acceptors (Lipinski definition) is 5. The van der Waals surface area contributed by atoms with E-state index in [0.717, 1.165) is 28.8 Å². The third-order valence-electron chi connectivity index (χ3n) is 8.61. The second-order valence-electron chi connectivity index (χ2n) is 12.0. The van der Waals surface area contributed by atoms with Crippen LogP contribution in [0.15, 0.2) is 106 Å². The Morgan fingerprint density at radius 2 is 1.40 bits per heavy atom. The molecule has 1 unspecified atom stereocenters. The number of hydrogen-bond donors (Lipinski definition) is 1. The molecule has 0 spiro atoms. The molecule has 0 bridgehead atoms. The molecular formula is C33H42N4O3SSi. The van der Waals surface area contributed by atoms with Crippen molar-refractivity contribution in [2.75, 3.05) is 6.61 Å². The number of nitrogens with two attached hydrogens (primary N) is 1. The third-order valence-corrected chi connectivity index (χ3v) is 15.9. The Labute approximate surface area is 251 Å². The highest BCUT2D eigenvalue weighted by atomic mass is 32.2. The molecule has 0 saturated heterocycles. The van der Waals surface area contributed by atoms with E-state index in [1.54, 1.807) is 10.9 Å². The lowest BCUT2D eigenvalue weighted by molar-refractivity contribution is 0.0591. The van der Waals surface area contributed by atoms with Crippen molar-refractivity contribution in [2.45, 2.75) is 74.8 Å². The summed E-state index contributed by atoms with van der Waals surface area (Å²) in [6.07, 6.45) is 1.41. The molecule has 4 aromatic rings. The van der Waals surface area contributed by atoms with E-state index in [9.17, 15) is 4.21 Å². The lowest BCUT2D eigenvalue weighted by atomic mass is 9.78. The van der Waals surface area contributed by atoms with Crippen LogP contribution in [0.25, 0.3) is 0 Å². The molecule has 2 atom stereocenters. The zero-order valence-electron chi connectivity index (χ0n) is 25.2. The van der Waals surface area contributed by atoms with E-state index in [4.69, 9.17) is 18.7 Å². The maximum absolute atomic E-state index is 14.6. The standard InChI is InChI=1S/C33H42N4O3SSi/c1-6-42(7-2,32(3,4)5)40-29-24-37-31(39-25-29)30(23-35-37)41(34,38)36-33(26-17-11-8-12-18-26,27-19-13-9-14-20-27)28-21-15-10-16-22-28/h8-23,29H,6-7,24-25H2,1-5H3,(H2,34,36,38)/t29-,41?/m1/s1. The van der Waals surface area contributed by atoms with Crippen molar-refractivity contribution in [1.29, 1.82) is 0 Å². The minimum Gasteiger partial charge on any atom is -0.474 e. The Balaban J connectivity index is 1.61. The predicted molar refractivity (Wildman–Crippen MR) is 171 cm³/mol. The van der Waals surface area contributed by atoms with Gasteiger partial charge < -0.3 is 9.16 Å². The molecule has 1 aliphatic heterocycles. The Morgan fingerprint density at radius 1 is 0.929 bits per heavy atom. The molecule has 1 aliphatic rings. The third kappa shape index (κ3) is 5.46. The Hall–Kier alpha value is -3.24. The van der Waals surface area contributed by atoms with Crippen LogP contribution in [-0.2, 0) is 26.4 Å². The lowest BCUT2D eigenvalue weighted by Gasteiger charge is -2.44. The summed E-state index contributed by atoms with van der Waals surface area (Å²) in [5.74, 6) is 0.394. The van der Waals surface area contributed by atoms with Crippen molar-refractivity contribution in [3.05, 3.63) is 114 Å². The van der Waals surface area contributed by atoms with Gasteiger partial charge in [-0.3, -0.25) is 0 Å². The first-order valence-electron chi connectivity index (χ1n) is 14.7. The van der Waals surface area contributed by atoms with Gasteiger partial charge in [-0.2, -0.15) is 9.46 Å². The first-order valence-corrected chi connectivity index (χ1v) is 18.6. The predicted octanol–water partition coefficient (Wildman–Crippen LogP) is 7.14. The van der Waals surface area contributed by atoms with Crippen LogP contribution in [0, 0.1) is 0 Å². The molecule has 0 saturated carbocycles. The highest BCUT2D eigenvalue weighted by Gasteiger charge is 2.46. The number of benzene rings is 3. The van der Waals surface area contributed by atoms with Crippen molar-refractivity contribution in [3.63, 3.8) is 0 Å². The van der Waals surface area contributed by atoms with E-state index >= 15 is 0 Å². The number of fused-ring (bicyclic) bond motifs is 1. The summed E-state index contributed by atoms with van der Waals surface area (Å²) in [5, 5.41) is 11.4. The summed E-state index contributed by atoms with van der Waals surface area (Å²) in [7, 11) is -5.56. The second-order valence-corrected chi connectivity index (χ2v) is 18.9. The lowest BCUT2D eigenvalue weighted by Crippen LogP contribution is -2.51. The fraction of sp³-hybridized carbons (Fsp3) is 0.364. The Kier molecular flexibility index (Phi) is 8.49. The van der Waals surface area contributed by atoms with Crippen LogP contribution in [0.3, 0.4) is 0 Å². The summed E-state index contributed by atoms with van der Waals surface area (Å²) in [4.78, 5) is 0.290. The number of rotatable bonds is 9. The summed E-state index contributed by atoms with van der Waals surface area (Å²) in [6.45, 7) is 12.1. The van der Waals surface area contributed by atoms with Gasteiger partial charge >= 0.3 is 0 Å². The first kappa shape index (κ1) is 30.2. The number of ether oxygens (including phenoxy) is 1. The molecule has 42 heavy (non-hydrogen) atoms. The molecule has 2 N–H and O–H groups in total. The molecule has 0 amide bonds. The summed E-state index contributed by atoms with van der Waals surface area (Å²) in [6, 6.07) is 31.7. The van der Waals surface area contributed by atoms with E-state index in [0.29, 0.717) is 23.9 Å². The van der Waals surface area contributed by atoms with Gasteiger partial charge in [-0.05, 0) is 33.8 Å². The maximum atomic E-state index is 14.6. The first-order chi connectivity index (χ1) is 20.1. The zero-order valence-corrected chi connectivity index (χ0v) is 27.0. The molecule has 2 heterocycles. The number of nitrogens with zero attached hydrogens (tertiary/aromatic N) is 3. The van der Waals surface area contributed by atoms with E-state index < -0.39 is 23.8 Å². The highest BCUT2D eigenvalue weighted by Crippen LogP contribution is 2.45. The molecule has 0 fully saturated rings. The van der Waals surface area contributed by atoms with Gasteiger partial charge in [0.2, 0.25) is 5.88 Å². The fourth-order valence-electron chi connectivity index (χ4n) is 6.24. The molecule has 0 radical (unpaired) electrons. The van der Waals surface area contributed by atoms with Crippen molar-refractivity contribution < 1.29 is 13.4 Å². The molecule has 5 rings (SSSR count). The van der Waals surface area contributed by atoms with Gasteiger partial charge in [0.25, 0.3) is 0 Å². The van der Waals surface area contributed by atoms with E-state index in [2.05, 4.69) is 39.7 Å². The average molecular weight is 603 g/mol. The van der Waals surface area contributed by atoms with Crippen LogP contribution >= 0.6 is 0 Å². The van der Waals surface area contributed by atoms with Gasteiger partial charge in [0.15, 0.2) is 8.32 Å². The normalized spacial score (nSPS) is 17.1. The van der Waals surface area contributed by atoms with Crippen LogP contribution in [0.1, 0.15) is 51.3 Å². The largest absolute Gasteiger partial charge is 0.474 e. The van der Waals surface area contributed by atoms with Gasteiger partial charge in [-0.25, -0.2) is 14.0 Å². The van der Waals surface area contributed by atoms with Crippen molar-refractivity contribution in [1.82, 2.24) is 9.78 Å². The van der Waals surface area contributed by atoms with Crippen molar-refractivity contribution in [3.8, 4) is 5.88 Å². The quantitative estimate of drug-likeness (QED) is 0.163. The summed E-state index contributed by atoms with van der Waals surface area (Å²) >= 11 is 0. The van der Waals surface area contributed by atoms with Crippen molar-refractivity contribution >= 4 is 18.2 Å². The molecule has 9 heteroatoms. The van der Waals surface area contributed by atoms with Crippen molar-refractivity contribution in [2.24, 2.45) is 9.50 Å². The van der Waals surface area contributed by atoms with E-state index in [1.807, 2.05) is 91.0 Å². The Bertz CT molecular complexity index is 1510. The van der Waals surface area contributed by atoms with Gasteiger partial charge in [-0.15, -0.1) is 0 Å². The highest BCUT2D eigenvalue weighted by molar-refractivity contribution is 7.91. The average Bonchev–Trinajstić information content (AvgIpc) is 3.44. The van der Waals surface area contributed by atoms with Gasteiger partial charge in [0.05, 0.1) is 18.8 Å². The number of aromatic nitrogens is 2. The summed E-state index contributed by atoms with van der Waals surface area (Å²) in [5.41, 5.74) is 1.45. The van der Waals surface area contributed by atoms with Crippen LogP contribution in [-0.4, -0.2) is 35.0 Å². The Morgan fingerprint density at radius 3 is 1.83 bits per heavy atom. The minimum absolute atomic E-state index is 0.0894. The molecule has 1 aromatic heterocycles. The van der Waals surface area contributed by atoms with Crippen LogP contribution in [0.2, 0.25) is 17.1 Å². The molecule has 222 valence electrons. The topological polar surface area (TPSA) is 91.7 Å². The van der Waals surface area contributed by atoms with Gasteiger partial charge in [-0.1, -0.05) is 126 Å². The minimum atomic E-state index is -3.51. The second kappa shape index (κ2) is 11.8. The van der Waals surface area contributed by atoms with Gasteiger partial charge in [0.1, 0.15) is 27.0 Å². The molecular weight excluding hydrogens is 561 g/mol. The van der Waals surface area contributed by atoms with Gasteiger partial charge in [0, 0.05) is 0 Å². The fourth-order valence-corrected chi connectivity index (χ4v) is 11.8. The van der Waals surface area contributed by atoms with Crippen LogP contribution in [0.4, 0.5) is 0 Å². The molecule has 3 aromatic carbocycles. The molecule has 7 nitrogen and oxygen atoms in total. The SMILES string of the molecule is CC[Si](CC)(O[C@H]1COc2c(S(N)(=O)=NC(c3ccccc3)(c3ccccc3)c3ccccc3)cnn2C1)C(C)(C)C. The van der Waals surface area contributed by atoms with Crippen LogP contribution < -0.4 is 9.88 Å². The summed E-state index contributed by atoms with van der Waals surface area (Å²) < 4.78 is 34.6. The monoisotopic (exact) mass is 602 g/mol. The van der Waals surface area contributed by atoms with E-state index in [-0.39, 0.29) is 11.1 Å². The molecule has 0 aliphatic carbocycles.